The molecule has 0 radical (unpaired) electrons. The van der Waals surface area contributed by atoms with Gasteiger partial charge in [-0.05, 0) is 30.5 Å². The zero-order valence-electron chi connectivity index (χ0n) is 18.6. The predicted molar refractivity (Wildman–Crippen MR) is 104 cm³/mol. The van der Waals surface area contributed by atoms with Crippen LogP contribution in [0, 0.1) is 0 Å². The SMILES string of the molecule is CCc1c2c(nc3ccc([O-])cc13)-c1cc([C@](O)(CC)C(=O)[O-])c(CO)c(=O)n1C2.[Na+].[Na+]. The van der Waals surface area contributed by atoms with Gasteiger partial charge in [0.25, 0.3) is 5.56 Å². The van der Waals surface area contributed by atoms with E-state index in [1.54, 1.807) is 6.07 Å². The summed E-state index contributed by atoms with van der Waals surface area (Å²) in [7, 11) is 0. The van der Waals surface area contributed by atoms with Crippen LogP contribution in [0.2, 0.25) is 0 Å². The van der Waals surface area contributed by atoms with Gasteiger partial charge < -0.3 is 29.8 Å². The average molecular weight is 454 g/mol. The number of nitrogens with zero attached hydrogens (tertiary/aromatic N) is 2. The van der Waals surface area contributed by atoms with Crippen LogP contribution in [0.1, 0.15) is 42.5 Å². The van der Waals surface area contributed by atoms with Gasteiger partial charge in [0.15, 0.2) is 0 Å². The fourth-order valence-electron chi connectivity index (χ4n) is 4.30. The first kappa shape index (κ1) is 27.0. The molecule has 2 aromatic heterocycles. The minimum Gasteiger partial charge on any atom is -0.872 e. The monoisotopic (exact) mass is 454 g/mol. The minimum atomic E-state index is -2.42. The number of aliphatic carboxylic acids is 1. The number of benzene rings is 1. The normalized spacial score (nSPS) is 13.5. The van der Waals surface area contributed by atoms with E-state index in [-0.39, 0.29) is 89.0 Å². The van der Waals surface area contributed by atoms with Crippen molar-refractivity contribution in [1.29, 1.82) is 0 Å². The summed E-state index contributed by atoms with van der Waals surface area (Å²) in [4.78, 5) is 29.4. The third-order valence-corrected chi connectivity index (χ3v) is 5.94. The Morgan fingerprint density at radius 3 is 2.47 bits per heavy atom. The molecule has 1 aromatic carbocycles. The molecule has 32 heavy (non-hydrogen) atoms. The van der Waals surface area contributed by atoms with Crippen LogP contribution in [-0.2, 0) is 30.0 Å². The molecule has 0 spiro atoms. The van der Waals surface area contributed by atoms with E-state index >= 15 is 0 Å². The van der Waals surface area contributed by atoms with Crippen LogP contribution in [-0.4, -0.2) is 25.7 Å². The first-order valence-corrected chi connectivity index (χ1v) is 9.71. The Hall–Kier alpha value is -1.23. The van der Waals surface area contributed by atoms with Crippen molar-refractivity contribution in [3.63, 3.8) is 0 Å². The van der Waals surface area contributed by atoms with Crippen LogP contribution in [0.15, 0.2) is 29.1 Å². The molecule has 0 amide bonds. The number of aliphatic hydroxyl groups excluding tert-OH is 1. The van der Waals surface area contributed by atoms with E-state index in [1.807, 2.05) is 6.92 Å². The van der Waals surface area contributed by atoms with Gasteiger partial charge in [0.2, 0.25) is 0 Å². The number of aryl methyl sites for hydroxylation is 1. The second kappa shape index (κ2) is 9.95. The summed E-state index contributed by atoms with van der Waals surface area (Å²) in [6.45, 7) is 2.85. The minimum absolute atomic E-state index is 0. The van der Waals surface area contributed by atoms with Crippen molar-refractivity contribution < 1.29 is 84.3 Å². The summed E-state index contributed by atoms with van der Waals surface area (Å²) in [6.07, 6.45) is 0.362. The molecule has 0 unspecified atom stereocenters. The first-order valence-electron chi connectivity index (χ1n) is 9.71. The molecule has 2 N–H and O–H groups in total. The molecule has 1 atom stereocenters. The van der Waals surface area contributed by atoms with Gasteiger partial charge in [0.1, 0.15) is 5.60 Å². The second-order valence-corrected chi connectivity index (χ2v) is 7.42. The van der Waals surface area contributed by atoms with E-state index in [0.717, 1.165) is 11.1 Å². The second-order valence-electron chi connectivity index (χ2n) is 7.42. The molecule has 0 aliphatic carbocycles. The Labute approximate surface area is 228 Å². The zero-order chi connectivity index (χ0) is 21.8. The van der Waals surface area contributed by atoms with Gasteiger partial charge in [-0.25, -0.2) is 4.98 Å². The number of carboxylic acids is 1. The van der Waals surface area contributed by atoms with Gasteiger partial charge in [-0.1, -0.05) is 26.0 Å². The number of carbonyl (C=O) groups excluding carboxylic acids is 1. The van der Waals surface area contributed by atoms with Crippen molar-refractivity contribution >= 4 is 16.9 Å². The Morgan fingerprint density at radius 2 is 1.91 bits per heavy atom. The van der Waals surface area contributed by atoms with Crippen LogP contribution in [0.25, 0.3) is 22.3 Å². The molecule has 0 bridgehead atoms. The van der Waals surface area contributed by atoms with Gasteiger partial charge in [-0.3, -0.25) is 4.79 Å². The maximum absolute atomic E-state index is 13.1. The van der Waals surface area contributed by atoms with Crippen LogP contribution in [0.5, 0.6) is 5.75 Å². The number of rotatable bonds is 5. The number of hydrogen-bond acceptors (Lipinski definition) is 7. The summed E-state index contributed by atoms with van der Waals surface area (Å²) in [5, 5.41) is 44.8. The van der Waals surface area contributed by atoms with Crippen molar-refractivity contribution in [1.82, 2.24) is 9.55 Å². The molecule has 10 heteroatoms. The van der Waals surface area contributed by atoms with Crippen LogP contribution in [0.4, 0.5) is 0 Å². The van der Waals surface area contributed by atoms with Gasteiger partial charge in [0.05, 0.1) is 36.0 Å². The van der Waals surface area contributed by atoms with Gasteiger partial charge >= 0.3 is 59.1 Å². The predicted octanol–water partition coefficient (Wildman–Crippen LogP) is -6.09. The van der Waals surface area contributed by atoms with Crippen LogP contribution < -0.4 is 74.9 Å². The largest absolute Gasteiger partial charge is 1.00 e. The molecule has 0 saturated heterocycles. The molecule has 4 rings (SSSR count). The standard InChI is InChI=1S/C22H22N2O6.2Na/c1-3-12-13-7-11(26)5-6-17(13)23-19-14(12)9-24-18(19)8-16(15(10-25)20(24)27)22(30,4-2)21(28)29;;/h5-8,25-26,30H,3-4,9-10H2,1-2H3,(H,28,29);;/q;2*+1/p-2/t22-;;/m1../s1. The van der Waals surface area contributed by atoms with Crippen molar-refractivity contribution in [3.05, 3.63) is 56.9 Å². The van der Waals surface area contributed by atoms with E-state index in [2.05, 4.69) is 4.98 Å². The van der Waals surface area contributed by atoms with Crippen LogP contribution >= 0.6 is 0 Å². The van der Waals surface area contributed by atoms with E-state index in [4.69, 9.17) is 0 Å². The number of pyridine rings is 2. The molecule has 1 aliphatic heterocycles. The smallest absolute Gasteiger partial charge is 0.872 e. The van der Waals surface area contributed by atoms with Gasteiger partial charge in [-0.15, -0.1) is 5.75 Å². The summed E-state index contributed by atoms with van der Waals surface area (Å²) in [5.74, 6) is -1.88. The number of aromatic nitrogens is 2. The maximum Gasteiger partial charge on any atom is 1.00 e. The number of hydrogen-bond donors (Lipinski definition) is 2. The fraction of sp³-hybridized carbons (Fsp3) is 0.318. The van der Waals surface area contributed by atoms with Crippen molar-refractivity contribution in [2.45, 2.75) is 45.4 Å². The van der Waals surface area contributed by atoms with Crippen molar-refractivity contribution in [2.75, 3.05) is 0 Å². The average Bonchev–Trinajstić information content (AvgIpc) is 3.09. The Bertz CT molecular complexity index is 1270. The molecule has 3 aromatic rings. The molecule has 8 nitrogen and oxygen atoms in total. The van der Waals surface area contributed by atoms with E-state index < -0.39 is 23.7 Å². The summed E-state index contributed by atoms with van der Waals surface area (Å²) >= 11 is 0. The Kier molecular flexibility index (Phi) is 8.40. The number of fused-ring (bicyclic) bond motifs is 4. The number of aliphatic hydroxyl groups is 2. The van der Waals surface area contributed by atoms with E-state index in [9.17, 15) is 30.0 Å². The molecule has 1 aliphatic rings. The van der Waals surface area contributed by atoms with Gasteiger partial charge in [0, 0.05) is 22.1 Å². The summed E-state index contributed by atoms with van der Waals surface area (Å²) < 4.78 is 1.41. The third kappa shape index (κ3) is 3.97. The fourth-order valence-corrected chi connectivity index (χ4v) is 4.30. The third-order valence-electron chi connectivity index (χ3n) is 5.94. The topological polar surface area (TPSA) is 139 Å². The molecule has 0 saturated carbocycles. The Morgan fingerprint density at radius 1 is 1.22 bits per heavy atom. The first-order chi connectivity index (χ1) is 14.3. The summed E-state index contributed by atoms with van der Waals surface area (Å²) in [6, 6.07) is 5.95. The van der Waals surface area contributed by atoms with E-state index in [0.29, 0.717) is 28.7 Å². The van der Waals surface area contributed by atoms with Crippen LogP contribution in [0.3, 0.4) is 0 Å². The molecule has 156 valence electrons. The molecular weight excluding hydrogens is 434 g/mol. The Balaban J connectivity index is 0.00000181. The zero-order valence-corrected chi connectivity index (χ0v) is 22.6. The number of carboxylic acid groups (broad SMARTS) is 1. The van der Waals surface area contributed by atoms with Crippen molar-refractivity contribution in [3.8, 4) is 17.1 Å². The van der Waals surface area contributed by atoms with Crippen molar-refractivity contribution in [2.24, 2.45) is 0 Å². The van der Waals surface area contributed by atoms with E-state index in [1.165, 1.54) is 29.7 Å². The molecule has 0 fully saturated rings. The molecule has 3 heterocycles. The maximum atomic E-state index is 13.1. The number of carbonyl (C=O) groups is 1. The summed E-state index contributed by atoms with van der Waals surface area (Å²) in [5.41, 5.74) is -0.295. The van der Waals surface area contributed by atoms with Gasteiger partial charge in [-0.2, -0.15) is 0 Å². The molecular formula is C22H20N2Na2O6. The quantitative estimate of drug-likeness (QED) is 0.286.